The summed E-state index contributed by atoms with van der Waals surface area (Å²) in [5.41, 5.74) is 1.85. The fraction of sp³-hybridized carbons (Fsp3) is 0.0952. The van der Waals surface area contributed by atoms with E-state index in [9.17, 15) is 14.8 Å². The fourth-order valence-electron chi connectivity index (χ4n) is 2.55. The summed E-state index contributed by atoms with van der Waals surface area (Å²) in [7, 11) is 0. The number of Topliss-reactive ketones (excluding diaryl/α,β-unsaturated/α-hetero) is 1. The van der Waals surface area contributed by atoms with E-state index in [4.69, 9.17) is 0 Å². The molecule has 0 aliphatic carbocycles. The highest BCUT2D eigenvalue weighted by Gasteiger charge is 2.25. The normalized spacial score (nSPS) is 11.6. The number of nitrogens with zero attached hydrogens (tertiary/aromatic N) is 1. The van der Waals surface area contributed by atoms with Crippen molar-refractivity contribution >= 4 is 29.1 Å². The summed E-state index contributed by atoms with van der Waals surface area (Å²) in [4.78, 5) is 24.5. The molecule has 0 aliphatic rings. The first kappa shape index (κ1) is 18.7. The molecule has 0 saturated carbocycles. The van der Waals surface area contributed by atoms with Crippen molar-refractivity contribution in [1.82, 2.24) is 0 Å². The van der Waals surface area contributed by atoms with Crippen molar-refractivity contribution in [1.29, 1.82) is 0 Å². The van der Waals surface area contributed by atoms with E-state index in [-0.39, 0.29) is 11.7 Å². The van der Waals surface area contributed by atoms with Crippen LogP contribution in [0.25, 0.3) is 0 Å². The summed E-state index contributed by atoms with van der Waals surface area (Å²) in [5, 5.41) is 14.7. The van der Waals surface area contributed by atoms with Crippen LogP contribution in [0.4, 0.5) is 5.69 Å². The van der Waals surface area contributed by atoms with E-state index in [0.717, 1.165) is 10.3 Å². The van der Waals surface area contributed by atoms with Gasteiger partial charge in [0.25, 0.3) is 5.03 Å². The van der Waals surface area contributed by atoms with Gasteiger partial charge in [-0.25, -0.2) is 0 Å². The molecule has 6 heteroatoms. The molecule has 0 aliphatic heterocycles. The van der Waals surface area contributed by atoms with E-state index in [0.29, 0.717) is 16.3 Å². The minimum Gasteiger partial charge on any atom is -0.618 e. The minimum atomic E-state index is -0.616. The van der Waals surface area contributed by atoms with E-state index < -0.39 is 5.25 Å². The van der Waals surface area contributed by atoms with Crippen molar-refractivity contribution < 1.29 is 14.3 Å². The Morgan fingerprint density at radius 3 is 2.44 bits per heavy atom. The van der Waals surface area contributed by atoms with Gasteiger partial charge in [-0.05, 0) is 42.4 Å². The zero-order chi connectivity index (χ0) is 19.2. The predicted octanol–water partition coefficient (Wildman–Crippen LogP) is 3.99. The Morgan fingerprint density at radius 1 is 1.00 bits per heavy atom. The Labute approximate surface area is 161 Å². The van der Waals surface area contributed by atoms with Crippen molar-refractivity contribution in [3.63, 3.8) is 0 Å². The van der Waals surface area contributed by atoms with Crippen molar-refractivity contribution in [3.8, 4) is 0 Å². The predicted molar refractivity (Wildman–Crippen MR) is 106 cm³/mol. The summed E-state index contributed by atoms with van der Waals surface area (Å²) in [6.45, 7) is 1.48. The van der Waals surface area contributed by atoms with Crippen LogP contribution in [-0.2, 0) is 4.79 Å². The summed E-state index contributed by atoms with van der Waals surface area (Å²) < 4.78 is 0.740. The zero-order valence-electron chi connectivity index (χ0n) is 14.7. The maximum Gasteiger partial charge on any atom is 0.252 e. The number of ketones is 1. The van der Waals surface area contributed by atoms with E-state index in [1.807, 2.05) is 30.3 Å². The molecule has 5 nitrogen and oxygen atoms in total. The fourth-order valence-corrected chi connectivity index (χ4v) is 3.57. The molecule has 1 aromatic heterocycles. The Balaban J connectivity index is 1.88. The lowest BCUT2D eigenvalue weighted by Gasteiger charge is -2.16. The first-order chi connectivity index (χ1) is 13.0. The maximum absolute atomic E-state index is 13.0. The SMILES string of the molecule is CC(=O)c1cccc(NC(=O)[C@H](Sc2cccc[n+]2[O-])c2ccccc2)c1. The molecule has 136 valence electrons. The molecule has 0 saturated heterocycles. The van der Waals surface area contributed by atoms with Gasteiger partial charge in [0.05, 0.1) is 0 Å². The average Bonchev–Trinajstić information content (AvgIpc) is 2.68. The van der Waals surface area contributed by atoms with Gasteiger partial charge >= 0.3 is 0 Å². The molecular weight excluding hydrogens is 360 g/mol. The number of aromatic nitrogens is 1. The van der Waals surface area contributed by atoms with E-state index in [1.165, 1.54) is 24.9 Å². The van der Waals surface area contributed by atoms with Crippen LogP contribution in [-0.4, -0.2) is 11.7 Å². The highest BCUT2D eigenvalue weighted by atomic mass is 32.2. The molecular formula is C21H18N2O3S. The van der Waals surface area contributed by atoms with Crippen LogP contribution in [0.3, 0.4) is 0 Å². The smallest absolute Gasteiger partial charge is 0.252 e. The summed E-state index contributed by atoms with van der Waals surface area (Å²) in [5.74, 6) is -0.340. The molecule has 0 unspecified atom stereocenters. The number of carbonyl (C=O) groups excluding carboxylic acids is 2. The summed E-state index contributed by atoms with van der Waals surface area (Å²) in [6.07, 6.45) is 1.40. The third-order valence-electron chi connectivity index (χ3n) is 3.90. The quantitative estimate of drug-likeness (QED) is 0.305. The van der Waals surface area contributed by atoms with Crippen LogP contribution in [0, 0.1) is 5.21 Å². The van der Waals surface area contributed by atoms with Crippen molar-refractivity contribution in [2.24, 2.45) is 0 Å². The van der Waals surface area contributed by atoms with Gasteiger partial charge in [-0.3, -0.25) is 9.59 Å². The Hall–Kier alpha value is -3.12. The molecule has 1 N–H and O–H groups in total. The molecule has 0 bridgehead atoms. The number of pyridine rings is 1. The average molecular weight is 378 g/mol. The third kappa shape index (κ3) is 4.74. The van der Waals surface area contributed by atoms with E-state index in [1.54, 1.807) is 42.5 Å². The molecule has 1 heterocycles. The van der Waals surface area contributed by atoms with Gasteiger partial charge in [0, 0.05) is 23.4 Å². The van der Waals surface area contributed by atoms with Gasteiger partial charge in [-0.2, -0.15) is 4.73 Å². The van der Waals surface area contributed by atoms with Crippen molar-refractivity contribution in [2.45, 2.75) is 17.2 Å². The van der Waals surface area contributed by atoms with Crippen LogP contribution in [0.5, 0.6) is 0 Å². The van der Waals surface area contributed by atoms with Gasteiger partial charge in [0.2, 0.25) is 5.91 Å². The first-order valence-corrected chi connectivity index (χ1v) is 9.24. The van der Waals surface area contributed by atoms with Gasteiger partial charge < -0.3 is 10.5 Å². The molecule has 0 fully saturated rings. The van der Waals surface area contributed by atoms with Gasteiger partial charge in [-0.1, -0.05) is 42.5 Å². The number of amides is 1. The largest absolute Gasteiger partial charge is 0.618 e. The number of anilines is 1. The third-order valence-corrected chi connectivity index (χ3v) is 5.18. The summed E-state index contributed by atoms with van der Waals surface area (Å²) >= 11 is 1.18. The lowest BCUT2D eigenvalue weighted by atomic mass is 10.1. The molecule has 0 radical (unpaired) electrons. The zero-order valence-corrected chi connectivity index (χ0v) is 15.5. The highest BCUT2D eigenvalue weighted by Crippen LogP contribution is 2.34. The molecule has 3 aromatic rings. The second-order valence-corrected chi connectivity index (χ2v) is 7.02. The van der Waals surface area contributed by atoms with Crippen LogP contribution in [0.1, 0.15) is 28.1 Å². The number of carbonyl (C=O) groups is 2. The Kier molecular flexibility index (Phi) is 5.88. The topological polar surface area (TPSA) is 73.1 Å². The highest BCUT2D eigenvalue weighted by molar-refractivity contribution is 8.00. The number of rotatable bonds is 6. The minimum absolute atomic E-state index is 0.0724. The van der Waals surface area contributed by atoms with Gasteiger partial charge in [0.1, 0.15) is 5.25 Å². The van der Waals surface area contributed by atoms with E-state index >= 15 is 0 Å². The van der Waals surface area contributed by atoms with Gasteiger partial charge in [0.15, 0.2) is 12.0 Å². The first-order valence-electron chi connectivity index (χ1n) is 8.36. The molecule has 27 heavy (non-hydrogen) atoms. The van der Waals surface area contributed by atoms with Crippen molar-refractivity contribution in [3.05, 3.63) is 95.3 Å². The lowest BCUT2D eigenvalue weighted by molar-refractivity contribution is -0.645. The number of thioether (sulfide) groups is 1. The van der Waals surface area contributed by atoms with Crippen LogP contribution < -0.4 is 10.0 Å². The lowest BCUT2D eigenvalue weighted by Crippen LogP contribution is -2.29. The number of benzene rings is 2. The number of nitrogens with one attached hydrogen (secondary N) is 1. The van der Waals surface area contributed by atoms with Crippen LogP contribution in [0.2, 0.25) is 0 Å². The number of hydrogen-bond donors (Lipinski definition) is 1. The number of hydrogen-bond acceptors (Lipinski definition) is 4. The van der Waals surface area contributed by atoms with Crippen LogP contribution in [0.15, 0.2) is 84.0 Å². The Morgan fingerprint density at radius 2 is 1.74 bits per heavy atom. The van der Waals surface area contributed by atoms with Crippen molar-refractivity contribution in [2.75, 3.05) is 5.32 Å². The molecule has 1 atom stereocenters. The molecule has 1 amide bonds. The monoisotopic (exact) mass is 378 g/mol. The van der Waals surface area contributed by atoms with E-state index in [2.05, 4.69) is 5.32 Å². The molecule has 0 spiro atoms. The van der Waals surface area contributed by atoms with Gasteiger partial charge in [-0.15, -0.1) is 0 Å². The maximum atomic E-state index is 13.0. The molecule has 2 aromatic carbocycles. The summed E-state index contributed by atoms with van der Waals surface area (Å²) in [6, 6.07) is 21.1. The second-order valence-electron chi connectivity index (χ2n) is 5.90. The Bertz CT molecular complexity index is 960. The van der Waals surface area contributed by atoms with Crippen LogP contribution >= 0.6 is 11.8 Å². The second kappa shape index (κ2) is 8.51. The standard InChI is InChI=1S/C21H18N2O3S/c1-15(24)17-10-7-11-18(14-17)22-21(25)20(16-8-3-2-4-9-16)27-19-12-5-6-13-23(19)26/h2-14,20H,1H3,(H,22,25)/t20-/m1/s1. The molecule has 3 rings (SSSR count).